The highest BCUT2D eigenvalue weighted by molar-refractivity contribution is 8.01. The van der Waals surface area contributed by atoms with Crippen molar-refractivity contribution in [3.63, 3.8) is 0 Å². The Bertz CT molecular complexity index is 515. The molecule has 0 aromatic carbocycles. The van der Waals surface area contributed by atoms with Crippen molar-refractivity contribution in [2.24, 2.45) is 0 Å². The minimum absolute atomic E-state index is 0.0714. The molecule has 0 aliphatic heterocycles. The van der Waals surface area contributed by atoms with Crippen LogP contribution in [0.3, 0.4) is 0 Å². The Morgan fingerprint density at radius 3 is 2.89 bits per heavy atom. The molecule has 0 aliphatic carbocycles. The SMILES string of the molecule is COCCCS(=O)(=O)Nc1nnc(SCC(=O)O)s1. The zero-order valence-corrected chi connectivity index (χ0v) is 12.5. The van der Waals surface area contributed by atoms with Gasteiger partial charge in [-0.2, -0.15) is 0 Å². The normalized spacial score (nSPS) is 11.4. The van der Waals surface area contributed by atoms with Gasteiger partial charge in [-0.3, -0.25) is 9.52 Å². The second kappa shape index (κ2) is 7.62. The molecule has 0 saturated carbocycles. The largest absolute Gasteiger partial charge is 0.481 e. The van der Waals surface area contributed by atoms with Crippen LogP contribution in [0.1, 0.15) is 6.42 Å². The predicted octanol–water partition coefficient (Wildman–Crippen LogP) is 0.493. The van der Waals surface area contributed by atoms with Gasteiger partial charge in [0.15, 0.2) is 4.34 Å². The van der Waals surface area contributed by atoms with Crippen LogP contribution < -0.4 is 4.72 Å². The molecule has 0 saturated heterocycles. The lowest BCUT2D eigenvalue weighted by Gasteiger charge is -2.03. The maximum absolute atomic E-state index is 11.6. The van der Waals surface area contributed by atoms with Crippen molar-refractivity contribution in [2.45, 2.75) is 10.8 Å². The number of anilines is 1. The average Bonchev–Trinajstić information content (AvgIpc) is 2.73. The summed E-state index contributed by atoms with van der Waals surface area (Å²) in [4.78, 5) is 10.4. The van der Waals surface area contributed by atoms with E-state index in [4.69, 9.17) is 9.84 Å². The van der Waals surface area contributed by atoms with Gasteiger partial charge < -0.3 is 9.84 Å². The van der Waals surface area contributed by atoms with Gasteiger partial charge in [0.1, 0.15) is 0 Å². The first-order chi connectivity index (χ1) is 8.93. The van der Waals surface area contributed by atoms with Crippen LogP contribution in [0.15, 0.2) is 4.34 Å². The Kier molecular flexibility index (Phi) is 6.48. The monoisotopic (exact) mass is 327 g/mol. The van der Waals surface area contributed by atoms with Gasteiger partial charge in [-0.25, -0.2) is 8.42 Å². The Morgan fingerprint density at radius 2 is 2.26 bits per heavy atom. The molecule has 0 atom stereocenters. The number of carbonyl (C=O) groups is 1. The van der Waals surface area contributed by atoms with Gasteiger partial charge >= 0.3 is 5.97 Å². The number of hydrogen-bond donors (Lipinski definition) is 2. The summed E-state index contributed by atoms with van der Waals surface area (Å²) >= 11 is 1.98. The molecule has 0 radical (unpaired) electrons. The average molecular weight is 327 g/mol. The first-order valence-corrected chi connectivity index (χ1v) is 8.56. The van der Waals surface area contributed by atoms with E-state index in [-0.39, 0.29) is 16.6 Å². The minimum atomic E-state index is -3.47. The number of nitrogens with zero attached hydrogens (tertiary/aromatic N) is 2. The number of rotatable bonds is 9. The molecule has 19 heavy (non-hydrogen) atoms. The van der Waals surface area contributed by atoms with Crippen LogP contribution in [0.25, 0.3) is 0 Å². The van der Waals surface area contributed by atoms with E-state index in [0.29, 0.717) is 17.4 Å². The zero-order chi connectivity index (χ0) is 14.3. The molecule has 1 aromatic heterocycles. The van der Waals surface area contributed by atoms with Gasteiger partial charge in [0.05, 0.1) is 11.5 Å². The fraction of sp³-hybridized carbons (Fsp3) is 0.625. The maximum Gasteiger partial charge on any atom is 0.313 e. The lowest BCUT2D eigenvalue weighted by Crippen LogP contribution is -2.17. The predicted molar refractivity (Wildman–Crippen MR) is 72.2 cm³/mol. The molecular weight excluding hydrogens is 314 g/mol. The van der Waals surface area contributed by atoms with Crippen LogP contribution in [-0.2, 0) is 19.6 Å². The quantitative estimate of drug-likeness (QED) is 0.497. The van der Waals surface area contributed by atoms with E-state index in [0.717, 1.165) is 23.1 Å². The van der Waals surface area contributed by atoms with Crippen LogP contribution >= 0.6 is 23.1 Å². The van der Waals surface area contributed by atoms with E-state index < -0.39 is 16.0 Å². The van der Waals surface area contributed by atoms with Gasteiger partial charge in [0.2, 0.25) is 15.2 Å². The molecule has 0 aliphatic rings. The van der Waals surface area contributed by atoms with Crippen molar-refractivity contribution in [3.8, 4) is 0 Å². The van der Waals surface area contributed by atoms with Crippen molar-refractivity contribution >= 4 is 44.2 Å². The number of sulfonamides is 1. The van der Waals surface area contributed by atoms with Crippen molar-refractivity contribution in [1.82, 2.24) is 10.2 Å². The van der Waals surface area contributed by atoms with Crippen LogP contribution in [0, 0.1) is 0 Å². The van der Waals surface area contributed by atoms with Gasteiger partial charge in [-0.05, 0) is 6.42 Å². The molecule has 0 unspecified atom stereocenters. The summed E-state index contributed by atoms with van der Waals surface area (Å²) in [7, 11) is -1.98. The molecular formula is C8H13N3O5S3. The Hall–Kier alpha value is -0.910. The third-order valence-electron chi connectivity index (χ3n) is 1.73. The molecule has 1 rings (SSSR count). The van der Waals surface area contributed by atoms with Gasteiger partial charge in [0, 0.05) is 13.7 Å². The number of ether oxygens (including phenoxy) is 1. The summed E-state index contributed by atoms with van der Waals surface area (Å²) in [6, 6.07) is 0. The van der Waals surface area contributed by atoms with E-state index in [1.807, 2.05) is 0 Å². The molecule has 11 heteroatoms. The number of carboxylic acid groups (broad SMARTS) is 1. The smallest absolute Gasteiger partial charge is 0.313 e. The Labute approximate surface area is 118 Å². The lowest BCUT2D eigenvalue weighted by atomic mass is 10.5. The molecule has 0 amide bonds. The molecule has 0 spiro atoms. The first-order valence-electron chi connectivity index (χ1n) is 5.10. The summed E-state index contributed by atoms with van der Waals surface area (Å²) in [5.74, 6) is -1.19. The van der Waals surface area contributed by atoms with Crippen molar-refractivity contribution in [3.05, 3.63) is 0 Å². The molecule has 108 valence electrons. The highest BCUT2D eigenvalue weighted by Crippen LogP contribution is 2.25. The number of aliphatic carboxylic acids is 1. The van der Waals surface area contributed by atoms with Crippen LogP contribution in [-0.4, -0.2) is 54.9 Å². The number of aromatic nitrogens is 2. The molecule has 2 N–H and O–H groups in total. The van der Waals surface area contributed by atoms with Gasteiger partial charge in [0.25, 0.3) is 0 Å². The number of nitrogens with one attached hydrogen (secondary N) is 1. The van der Waals surface area contributed by atoms with Gasteiger partial charge in [-0.15, -0.1) is 10.2 Å². The standard InChI is InChI=1S/C8H13N3O5S3/c1-16-3-2-4-19(14,15)11-7-9-10-8(18-7)17-5-6(12)13/h2-5H2,1H3,(H,9,11)(H,12,13). The molecule has 0 bridgehead atoms. The lowest BCUT2D eigenvalue weighted by molar-refractivity contribution is -0.133. The van der Waals surface area contributed by atoms with E-state index >= 15 is 0 Å². The van der Waals surface area contributed by atoms with E-state index in [9.17, 15) is 13.2 Å². The Morgan fingerprint density at radius 1 is 1.53 bits per heavy atom. The van der Waals surface area contributed by atoms with Crippen LogP contribution in [0.4, 0.5) is 5.13 Å². The highest BCUT2D eigenvalue weighted by atomic mass is 32.2. The molecule has 1 aromatic rings. The number of carboxylic acids is 1. The van der Waals surface area contributed by atoms with Crippen molar-refractivity contribution < 1.29 is 23.1 Å². The second-order valence-corrected chi connectivity index (χ2v) is 7.36. The van der Waals surface area contributed by atoms with E-state index in [1.54, 1.807) is 0 Å². The van der Waals surface area contributed by atoms with E-state index in [2.05, 4.69) is 14.9 Å². The number of thioether (sulfide) groups is 1. The minimum Gasteiger partial charge on any atom is -0.481 e. The van der Waals surface area contributed by atoms with Gasteiger partial charge in [-0.1, -0.05) is 23.1 Å². The first kappa shape index (κ1) is 16.1. The highest BCUT2D eigenvalue weighted by Gasteiger charge is 2.14. The van der Waals surface area contributed by atoms with Crippen LogP contribution in [0.2, 0.25) is 0 Å². The second-order valence-electron chi connectivity index (χ2n) is 3.32. The third-order valence-corrected chi connectivity index (χ3v) is 5.15. The summed E-state index contributed by atoms with van der Waals surface area (Å²) in [5.41, 5.74) is 0. The maximum atomic E-state index is 11.6. The topological polar surface area (TPSA) is 118 Å². The number of methoxy groups -OCH3 is 1. The summed E-state index contributed by atoms with van der Waals surface area (Å²) in [6.45, 7) is 0.358. The van der Waals surface area contributed by atoms with Crippen molar-refractivity contribution in [1.29, 1.82) is 0 Å². The van der Waals surface area contributed by atoms with Crippen molar-refractivity contribution in [2.75, 3.05) is 29.9 Å². The van der Waals surface area contributed by atoms with E-state index in [1.165, 1.54) is 7.11 Å². The zero-order valence-electron chi connectivity index (χ0n) is 10.0. The van der Waals surface area contributed by atoms with Crippen LogP contribution in [0.5, 0.6) is 0 Å². The third kappa shape index (κ3) is 6.71. The molecule has 8 nitrogen and oxygen atoms in total. The summed E-state index contributed by atoms with van der Waals surface area (Å²) in [6.07, 6.45) is 0.380. The fourth-order valence-electron chi connectivity index (χ4n) is 1.01. The fourth-order valence-corrected chi connectivity index (χ4v) is 3.79. The molecule has 1 heterocycles. The summed E-state index contributed by atoms with van der Waals surface area (Å²) < 4.78 is 30.7. The summed E-state index contributed by atoms with van der Waals surface area (Å²) in [5, 5.41) is 16.0. The number of hydrogen-bond acceptors (Lipinski definition) is 8. The molecule has 0 fully saturated rings. The Balaban J connectivity index is 2.50.